The Morgan fingerprint density at radius 3 is 2.50 bits per heavy atom. The van der Waals surface area contributed by atoms with Crippen LogP contribution in [0.4, 0.5) is 16.3 Å². The van der Waals surface area contributed by atoms with Crippen LogP contribution in [0, 0.1) is 0 Å². The van der Waals surface area contributed by atoms with Gasteiger partial charge in [-0.15, -0.1) is 0 Å². The molecule has 10 heteroatoms. The second-order valence-corrected chi connectivity index (χ2v) is 7.36. The van der Waals surface area contributed by atoms with Crippen molar-refractivity contribution < 1.29 is 14.4 Å². The Hall–Kier alpha value is -3.40. The summed E-state index contributed by atoms with van der Waals surface area (Å²) in [5.74, 6) is 0.524. The molecule has 2 aromatic rings. The van der Waals surface area contributed by atoms with Crippen LogP contribution < -0.4 is 21.0 Å². The fourth-order valence-electron chi connectivity index (χ4n) is 3.82. The molecule has 0 spiro atoms. The van der Waals surface area contributed by atoms with Gasteiger partial charge >= 0.3 is 6.03 Å². The molecule has 2 aliphatic heterocycles. The third-order valence-electron chi connectivity index (χ3n) is 5.13. The number of carbonyl (C=O) groups is 3. The summed E-state index contributed by atoms with van der Waals surface area (Å²) < 4.78 is 1.70. The van der Waals surface area contributed by atoms with Crippen LogP contribution >= 0.6 is 0 Å². The average molecular weight is 411 g/mol. The summed E-state index contributed by atoms with van der Waals surface area (Å²) in [4.78, 5) is 37.4. The standard InChI is InChI=1S/C20H25N7O3/c1-3-21-20(30)24-25-11-16-17(12-25)23-27(19(16)22-13(2)28)15-8-6-14(7-9-15)26-10-4-5-18(26)29/h6-9H,3-5,10-12H2,1-2H3,(H,22,28)(H2,21,24,30). The van der Waals surface area contributed by atoms with Crippen molar-refractivity contribution in [3.05, 3.63) is 35.5 Å². The van der Waals surface area contributed by atoms with Gasteiger partial charge in [0.2, 0.25) is 11.8 Å². The van der Waals surface area contributed by atoms with Crippen molar-refractivity contribution in [1.29, 1.82) is 0 Å². The second-order valence-electron chi connectivity index (χ2n) is 7.36. The largest absolute Gasteiger partial charge is 0.337 e. The number of fused-ring (bicyclic) bond motifs is 1. The molecule has 1 fully saturated rings. The van der Waals surface area contributed by atoms with Crippen molar-refractivity contribution >= 4 is 29.4 Å². The molecule has 1 saturated heterocycles. The summed E-state index contributed by atoms with van der Waals surface area (Å²) in [6, 6.07) is 7.29. The molecule has 1 aromatic heterocycles. The Labute approximate surface area is 174 Å². The van der Waals surface area contributed by atoms with Gasteiger partial charge in [0.25, 0.3) is 0 Å². The lowest BCUT2D eigenvalue weighted by atomic mass is 10.2. The van der Waals surface area contributed by atoms with Gasteiger partial charge in [0.15, 0.2) is 0 Å². The third-order valence-corrected chi connectivity index (χ3v) is 5.13. The number of nitrogens with zero attached hydrogens (tertiary/aromatic N) is 4. The molecule has 0 atom stereocenters. The Morgan fingerprint density at radius 1 is 1.13 bits per heavy atom. The van der Waals surface area contributed by atoms with Gasteiger partial charge in [-0.05, 0) is 37.6 Å². The van der Waals surface area contributed by atoms with Gasteiger partial charge in [-0.1, -0.05) is 0 Å². The van der Waals surface area contributed by atoms with Crippen molar-refractivity contribution in [3.8, 4) is 5.69 Å². The van der Waals surface area contributed by atoms with E-state index >= 15 is 0 Å². The molecule has 3 heterocycles. The Balaban J connectivity index is 1.58. The molecule has 0 saturated carbocycles. The van der Waals surface area contributed by atoms with Crippen LogP contribution in [-0.2, 0) is 22.7 Å². The highest BCUT2D eigenvalue weighted by atomic mass is 16.2. The summed E-state index contributed by atoms with van der Waals surface area (Å²) in [5.41, 5.74) is 6.07. The zero-order chi connectivity index (χ0) is 21.3. The van der Waals surface area contributed by atoms with Gasteiger partial charge < -0.3 is 15.5 Å². The summed E-state index contributed by atoms with van der Waals surface area (Å²) in [7, 11) is 0. The zero-order valence-electron chi connectivity index (χ0n) is 17.1. The smallest absolute Gasteiger partial charge is 0.329 e. The number of hydrazine groups is 1. The molecule has 4 rings (SSSR count). The van der Waals surface area contributed by atoms with Gasteiger partial charge in [0, 0.05) is 44.2 Å². The second kappa shape index (κ2) is 8.15. The molecule has 0 radical (unpaired) electrons. The maximum atomic E-state index is 12.0. The van der Waals surface area contributed by atoms with Gasteiger partial charge in [-0.25, -0.2) is 14.5 Å². The Morgan fingerprint density at radius 2 is 1.87 bits per heavy atom. The maximum absolute atomic E-state index is 12.0. The molecular weight excluding hydrogens is 386 g/mol. The van der Waals surface area contributed by atoms with Crippen molar-refractivity contribution in [1.82, 2.24) is 25.5 Å². The van der Waals surface area contributed by atoms with E-state index in [9.17, 15) is 14.4 Å². The lowest BCUT2D eigenvalue weighted by Crippen LogP contribution is -2.44. The van der Waals surface area contributed by atoms with E-state index in [0.717, 1.165) is 35.6 Å². The molecule has 10 nitrogen and oxygen atoms in total. The number of hydrogen-bond donors (Lipinski definition) is 3. The predicted molar refractivity (Wildman–Crippen MR) is 111 cm³/mol. The summed E-state index contributed by atoms with van der Waals surface area (Å²) >= 11 is 0. The number of carbonyl (C=O) groups excluding carboxylic acids is 3. The Bertz CT molecular complexity index is 983. The molecule has 3 N–H and O–H groups in total. The van der Waals surface area contributed by atoms with Gasteiger partial charge in [0.1, 0.15) is 5.82 Å². The van der Waals surface area contributed by atoms with Gasteiger partial charge in [0.05, 0.1) is 17.9 Å². The minimum atomic E-state index is -0.274. The fourth-order valence-corrected chi connectivity index (χ4v) is 3.82. The summed E-state index contributed by atoms with van der Waals surface area (Å²) in [5, 5.41) is 12.0. The SMILES string of the molecule is CCNC(=O)NN1Cc2nn(-c3ccc(N4CCCC4=O)cc3)c(NC(C)=O)c2C1. The van der Waals surface area contributed by atoms with E-state index in [1.165, 1.54) is 6.92 Å². The first-order valence-corrected chi connectivity index (χ1v) is 10.0. The number of urea groups is 1. The highest BCUT2D eigenvalue weighted by Gasteiger charge is 2.29. The quantitative estimate of drug-likeness (QED) is 0.691. The summed E-state index contributed by atoms with van der Waals surface area (Å²) in [6.45, 7) is 5.44. The normalized spacial score (nSPS) is 15.9. The number of hydrogen-bond acceptors (Lipinski definition) is 5. The van der Waals surface area contributed by atoms with Crippen LogP contribution in [0.2, 0.25) is 0 Å². The molecule has 4 amide bonds. The number of nitrogens with one attached hydrogen (secondary N) is 3. The fraction of sp³-hybridized carbons (Fsp3) is 0.400. The van der Waals surface area contributed by atoms with E-state index in [0.29, 0.717) is 31.9 Å². The van der Waals surface area contributed by atoms with E-state index in [-0.39, 0.29) is 17.8 Å². The first kappa shape index (κ1) is 19.9. The van der Waals surface area contributed by atoms with Crippen LogP contribution in [0.15, 0.2) is 24.3 Å². The number of anilines is 2. The van der Waals surface area contributed by atoms with E-state index in [1.54, 1.807) is 14.6 Å². The van der Waals surface area contributed by atoms with Crippen LogP contribution in [0.5, 0.6) is 0 Å². The first-order chi connectivity index (χ1) is 14.5. The number of benzene rings is 1. The molecular formula is C20H25N7O3. The van der Waals surface area contributed by atoms with E-state index < -0.39 is 0 Å². The van der Waals surface area contributed by atoms with E-state index in [1.807, 2.05) is 31.2 Å². The van der Waals surface area contributed by atoms with Crippen molar-refractivity contribution in [2.24, 2.45) is 0 Å². The molecule has 158 valence electrons. The minimum absolute atomic E-state index is 0.138. The molecule has 0 bridgehead atoms. The van der Waals surface area contributed by atoms with Crippen molar-refractivity contribution in [2.75, 3.05) is 23.3 Å². The van der Waals surface area contributed by atoms with Crippen molar-refractivity contribution in [2.45, 2.75) is 39.8 Å². The third kappa shape index (κ3) is 3.86. The topological polar surface area (TPSA) is 112 Å². The monoisotopic (exact) mass is 411 g/mol. The zero-order valence-corrected chi connectivity index (χ0v) is 17.1. The molecule has 1 aromatic carbocycles. The minimum Gasteiger partial charge on any atom is -0.337 e. The van der Waals surface area contributed by atoms with Crippen LogP contribution in [0.25, 0.3) is 5.69 Å². The van der Waals surface area contributed by atoms with Crippen LogP contribution in [-0.4, -0.2) is 45.7 Å². The van der Waals surface area contributed by atoms with Crippen LogP contribution in [0.1, 0.15) is 37.9 Å². The van der Waals surface area contributed by atoms with E-state index in [4.69, 9.17) is 0 Å². The molecule has 0 aliphatic carbocycles. The van der Waals surface area contributed by atoms with E-state index in [2.05, 4.69) is 21.2 Å². The lowest BCUT2D eigenvalue weighted by molar-refractivity contribution is -0.117. The molecule has 0 unspecified atom stereocenters. The molecule has 2 aliphatic rings. The number of aromatic nitrogens is 2. The highest BCUT2D eigenvalue weighted by molar-refractivity contribution is 5.95. The first-order valence-electron chi connectivity index (χ1n) is 10.0. The average Bonchev–Trinajstić information content (AvgIpc) is 3.38. The predicted octanol–water partition coefficient (Wildman–Crippen LogP) is 1.51. The lowest BCUT2D eigenvalue weighted by Gasteiger charge is -2.18. The molecule has 30 heavy (non-hydrogen) atoms. The van der Waals surface area contributed by atoms with Crippen molar-refractivity contribution in [3.63, 3.8) is 0 Å². The van der Waals surface area contributed by atoms with Gasteiger partial charge in [-0.3, -0.25) is 15.0 Å². The number of rotatable bonds is 5. The van der Waals surface area contributed by atoms with Crippen LogP contribution in [0.3, 0.4) is 0 Å². The highest BCUT2D eigenvalue weighted by Crippen LogP contribution is 2.31. The number of amides is 4. The summed E-state index contributed by atoms with van der Waals surface area (Å²) in [6.07, 6.45) is 1.46. The van der Waals surface area contributed by atoms with Gasteiger partial charge in [-0.2, -0.15) is 5.10 Å². The Kier molecular flexibility index (Phi) is 5.40. The maximum Gasteiger partial charge on any atom is 0.329 e.